The van der Waals surface area contributed by atoms with Gasteiger partial charge in [-0.05, 0) is 42.2 Å². The van der Waals surface area contributed by atoms with Crippen LogP contribution in [0.5, 0.6) is 0 Å². The topological polar surface area (TPSA) is 69.6 Å². The third-order valence-corrected chi connectivity index (χ3v) is 4.78. The third-order valence-electron chi connectivity index (χ3n) is 4.78. The van der Waals surface area contributed by atoms with Gasteiger partial charge < -0.3 is 4.52 Å². The first-order valence-corrected chi connectivity index (χ1v) is 9.25. The first kappa shape index (κ1) is 17.4. The third kappa shape index (κ3) is 3.35. The fourth-order valence-electron chi connectivity index (χ4n) is 3.33. The number of nitrogens with zero attached hydrogens (tertiary/aromatic N) is 5. The lowest BCUT2D eigenvalue weighted by molar-refractivity contribution is 0.420. The number of fused-ring (bicyclic) bond motifs is 1. The van der Waals surface area contributed by atoms with Crippen LogP contribution in [0.3, 0.4) is 0 Å². The molecule has 6 heteroatoms. The number of aryl methyl sites for hydroxylation is 1. The van der Waals surface area contributed by atoms with Gasteiger partial charge in [0.05, 0.1) is 5.52 Å². The van der Waals surface area contributed by atoms with Gasteiger partial charge in [-0.25, -0.2) is 4.68 Å². The van der Waals surface area contributed by atoms with Gasteiger partial charge in [-0.1, -0.05) is 55.4 Å². The standard InChI is InChI=1S/C21H23N5O/c1-13(2)12-26-19-10-9-16(11-18(19)23-25-26)21-22-20(24-27-21)15(4)17-8-6-5-7-14(17)3/h5-11,13,15H,12H2,1-4H3. The molecule has 2 heterocycles. The molecule has 0 N–H and O–H groups in total. The first-order valence-electron chi connectivity index (χ1n) is 9.25. The van der Waals surface area contributed by atoms with Crippen LogP contribution < -0.4 is 0 Å². The lowest BCUT2D eigenvalue weighted by Gasteiger charge is -2.10. The Morgan fingerprint density at radius 3 is 2.67 bits per heavy atom. The summed E-state index contributed by atoms with van der Waals surface area (Å²) in [4.78, 5) is 4.63. The van der Waals surface area contributed by atoms with Gasteiger partial charge in [0.2, 0.25) is 0 Å². The maximum Gasteiger partial charge on any atom is 0.258 e. The molecule has 0 fully saturated rings. The molecule has 0 saturated carbocycles. The zero-order chi connectivity index (χ0) is 19.0. The Bertz CT molecular complexity index is 1080. The van der Waals surface area contributed by atoms with Crippen LogP contribution in [0.4, 0.5) is 0 Å². The molecule has 0 saturated heterocycles. The van der Waals surface area contributed by atoms with Crippen molar-refractivity contribution in [3.05, 3.63) is 59.4 Å². The Labute approximate surface area is 158 Å². The molecule has 2 aromatic heterocycles. The van der Waals surface area contributed by atoms with E-state index in [1.807, 2.05) is 35.0 Å². The van der Waals surface area contributed by atoms with Crippen LogP contribution in [-0.2, 0) is 6.54 Å². The molecule has 0 aliphatic rings. The number of aromatic nitrogens is 5. The molecule has 4 aromatic rings. The predicted molar refractivity (Wildman–Crippen MR) is 104 cm³/mol. The number of rotatable bonds is 5. The van der Waals surface area contributed by atoms with E-state index in [-0.39, 0.29) is 5.92 Å². The van der Waals surface area contributed by atoms with E-state index in [1.165, 1.54) is 11.1 Å². The van der Waals surface area contributed by atoms with Crippen LogP contribution in [0.15, 0.2) is 47.0 Å². The monoisotopic (exact) mass is 361 g/mol. The molecular weight excluding hydrogens is 338 g/mol. The van der Waals surface area contributed by atoms with Crippen molar-refractivity contribution in [3.63, 3.8) is 0 Å². The van der Waals surface area contributed by atoms with Gasteiger partial charge in [0.25, 0.3) is 5.89 Å². The average molecular weight is 361 g/mol. The van der Waals surface area contributed by atoms with Gasteiger partial charge in [0.15, 0.2) is 5.82 Å². The summed E-state index contributed by atoms with van der Waals surface area (Å²) in [5, 5.41) is 12.7. The van der Waals surface area contributed by atoms with Crippen LogP contribution in [-0.4, -0.2) is 25.1 Å². The van der Waals surface area contributed by atoms with E-state index in [1.54, 1.807) is 0 Å². The molecule has 6 nitrogen and oxygen atoms in total. The molecule has 2 aromatic carbocycles. The molecule has 0 radical (unpaired) electrons. The van der Waals surface area contributed by atoms with Crippen LogP contribution in [0.25, 0.3) is 22.5 Å². The fourth-order valence-corrected chi connectivity index (χ4v) is 3.33. The van der Waals surface area contributed by atoms with Crippen molar-refractivity contribution in [2.45, 2.75) is 40.2 Å². The summed E-state index contributed by atoms with van der Waals surface area (Å²) in [6, 6.07) is 14.2. The van der Waals surface area contributed by atoms with Gasteiger partial charge in [-0.15, -0.1) is 5.10 Å². The Kier molecular flexibility index (Phi) is 4.48. The molecule has 0 aliphatic heterocycles. The zero-order valence-corrected chi connectivity index (χ0v) is 16.0. The summed E-state index contributed by atoms with van der Waals surface area (Å²) in [6.45, 7) is 9.36. The molecule has 1 atom stereocenters. The average Bonchev–Trinajstić information content (AvgIpc) is 3.28. The highest BCUT2D eigenvalue weighted by atomic mass is 16.5. The number of benzene rings is 2. The maximum atomic E-state index is 5.54. The smallest absolute Gasteiger partial charge is 0.258 e. The van der Waals surface area contributed by atoms with Gasteiger partial charge in [0, 0.05) is 18.0 Å². The highest BCUT2D eigenvalue weighted by Gasteiger charge is 2.18. The quantitative estimate of drug-likeness (QED) is 0.520. The molecule has 4 rings (SSSR count). The summed E-state index contributed by atoms with van der Waals surface area (Å²) in [5.74, 6) is 1.77. The zero-order valence-electron chi connectivity index (χ0n) is 16.0. The fraction of sp³-hybridized carbons (Fsp3) is 0.333. The predicted octanol–water partition coefficient (Wildman–Crippen LogP) is 4.60. The van der Waals surface area contributed by atoms with Crippen LogP contribution in [0.2, 0.25) is 0 Å². The summed E-state index contributed by atoms with van der Waals surface area (Å²) < 4.78 is 7.47. The van der Waals surface area contributed by atoms with Crippen molar-refractivity contribution in [3.8, 4) is 11.5 Å². The summed E-state index contributed by atoms with van der Waals surface area (Å²) in [5.41, 5.74) is 5.13. The van der Waals surface area contributed by atoms with Crippen LogP contribution >= 0.6 is 0 Å². The summed E-state index contributed by atoms with van der Waals surface area (Å²) in [7, 11) is 0. The van der Waals surface area contributed by atoms with Crippen molar-refractivity contribution in [1.29, 1.82) is 0 Å². The molecule has 138 valence electrons. The highest BCUT2D eigenvalue weighted by Crippen LogP contribution is 2.28. The highest BCUT2D eigenvalue weighted by molar-refractivity contribution is 5.79. The number of hydrogen-bond donors (Lipinski definition) is 0. The Balaban J connectivity index is 1.64. The Hall–Kier alpha value is -3.02. The Morgan fingerprint density at radius 2 is 1.89 bits per heavy atom. The second kappa shape index (κ2) is 6.95. The minimum atomic E-state index is 0.0688. The maximum absolute atomic E-state index is 5.54. The van der Waals surface area contributed by atoms with Crippen molar-refractivity contribution in [2.24, 2.45) is 5.92 Å². The lowest BCUT2D eigenvalue weighted by atomic mass is 9.96. The van der Waals surface area contributed by atoms with E-state index in [2.05, 4.69) is 60.3 Å². The molecule has 1 unspecified atom stereocenters. The molecule has 27 heavy (non-hydrogen) atoms. The van der Waals surface area contributed by atoms with Crippen molar-refractivity contribution in [1.82, 2.24) is 25.1 Å². The van der Waals surface area contributed by atoms with Gasteiger partial charge in [0.1, 0.15) is 5.52 Å². The van der Waals surface area contributed by atoms with E-state index < -0.39 is 0 Å². The van der Waals surface area contributed by atoms with E-state index in [4.69, 9.17) is 4.52 Å². The van der Waals surface area contributed by atoms with Gasteiger partial charge in [-0.3, -0.25) is 0 Å². The van der Waals surface area contributed by atoms with Gasteiger partial charge in [-0.2, -0.15) is 4.98 Å². The summed E-state index contributed by atoms with van der Waals surface area (Å²) >= 11 is 0. The molecule has 0 bridgehead atoms. The van der Waals surface area contributed by atoms with Crippen molar-refractivity contribution >= 4 is 11.0 Å². The van der Waals surface area contributed by atoms with E-state index >= 15 is 0 Å². The molecular formula is C21H23N5O. The van der Waals surface area contributed by atoms with Crippen LogP contribution in [0, 0.1) is 12.8 Å². The Morgan fingerprint density at radius 1 is 1.07 bits per heavy atom. The second-order valence-corrected chi connectivity index (χ2v) is 7.40. The minimum Gasteiger partial charge on any atom is -0.334 e. The van der Waals surface area contributed by atoms with Gasteiger partial charge >= 0.3 is 0 Å². The van der Waals surface area contributed by atoms with E-state index in [0.717, 1.165) is 23.1 Å². The lowest BCUT2D eigenvalue weighted by Crippen LogP contribution is -2.05. The van der Waals surface area contributed by atoms with E-state index in [9.17, 15) is 0 Å². The largest absolute Gasteiger partial charge is 0.334 e. The molecule has 0 spiro atoms. The molecule has 0 amide bonds. The summed E-state index contributed by atoms with van der Waals surface area (Å²) in [6.07, 6.45) is 0. The number of hydrogen-bond acceptors (Lipinski definition) is 5. The minimum absolute atomic E-state index is 0.0688. The first-order chi connectivity index (χ1) is 13.0. The van der Waals surface area contributed by atoms with Crippen molar-refractivity contribution in [2.75, 3.05) is 0 Å². The van der Waals surface area contributed by atoms with Crippen molar-refractivity contribution < 1.29 is 4.52 Å². The SMILES string of the molecule is Cc1ccccc1C(C)c1noc(-c2ccc3c(c2)nnn3CC(C)C)n1. The van der Waals surface area contributed by atoms with E-state index in [0.29, 0.717) is 17.6 Å². The normalized spacial score (nSPS) is 12.8. The molecule has 0 aliphatic carbocycles. The van der Waals surface area contributed by atoms with Crippen LogP contribution in [0.1, 0.15) is 43.6 Å². The second-order valence-electron chi connectivity index (χ2n) is 7.40.